The SMILES string of the molecule is Nc1ccc(CC2CCCSC2)cc1. The van der Waals surface area contributed by atoms with E-state index in [2.05, 4.69) is 23.9 Å². The molecule has 0 aromatic heterocycles. The standard InChI is InChI=1S/C12H17NS/c13-12-5-3-10(4-6-12)8-11-2-1-7-14-9-11/h3-6,11H,1-2,7-9,13H2. The average molecular weight is 207 g/mol. The molecule has 1 aromatic rings. The Kier molecular flexibility index (Phi) is 3.35. The van der Waals surface area contributed by atoms with Gasteiger partial charge in [-0.25, -0.2) is 0 Å². The lowest BCUT2D eigenvalue weighted by Crippen LogP contribution is -2.13. The van der Waals surface area contributed by atoms with Crippen molar-refractivity contribution in [1.29, 1.82) is 0 Å². The summed E-state index contributed by atoms with van der Waals surface area (Å²) in [5.74, 6) is 3.58. The second-order valence-corrected chi connectivity index (χ2v) is 5.18. The maximum Gasteiger partial charge on any atom is 0.0314 e. The van der Waals surface area contributed by atoms with Crippen molar-refractivity contribution in [1.82, 2.24) is 0 Å². The van der Waals surface area contributed by atoms with Crippen LogP contribution in [0.5, 0.6) is 0 Å². The summed E-state index contributed by atoms with van der Waals surface area (Å²) in [6.07, 6.45) is 4.02. The number of thioether (sulfide) groups is 1. The highest BCUT2D eigenvalue weighted by Crippen LogP contribution is 2.25. The van der Waals surface area contributed by atoms with E-state index in [1.807, 2.05) is 12.1 Å². The van der Waals surface area contributed by atoms with Gasteiger partial charge in [-0.1, -0.05) is 12.1 Å². The molecule has 1 fully saturated rings. The molecule has 0 aliphatic carbocycles. The second kappa shape index (κ2) is 4.74. The van der Waals surface area contributed by atoms with Gasteiger partial charge >= 0.3 is 0 Å². The lowest BCUT2D eigenvalue weighted by atomic mass is 9.96. The minimum Gasteiger partial charge on any atom is -0.399 e. The zero-order chi connectivity index (χ0) is 9.80. The highest BCUT2D eigenvalue weighted by atomic mass is 32.2. The molecule has 0 bridgehead atoms. The summed E-state index contributed by atoms with van der Waals surface area (Å²) in [4.78, 5) is 0. The molecular weight excluding hydrogens is 190 g/mol. The van der Waals surface area contributed by atoms with Crippen LogP contribution in [0.25, 0.3) is 0 Å². The number of hydrogen-bond acceptors (Lipinski definition) is 2. The minimum absolute atomic E-state index is 0.867. The van der Waals surface area contributed by atoms with Crippen molar-refractivity contribution in [3.05, 3.63) is 29.8 Å². The van der Waals surface area contributed by atoms with Crippen LogP contribution in [0.2, 0.25) is 0 Å². The predicted molar refractivity (Wildman–Crippen MR) is 64.6 cm³/mol. The highest BCUT2D eigenvalue weighted by Gasteiger charge is 2.13. The summed E-state index contributed by atoms with van der Waals surface area (Å²) < 4.78 is 0. The van der Waals surface area contributed by atoms with Crippen molar-refractivity contribution in [2.45, 2.75) is 19.3 Å². The number of rotatable bonds is 2. The van der Waals surface area contributed by atoms with Gasteiger partial charge in [0.15, 0.2) is 0 Å². The molecule has 1 heterocycles. The number of benzene rings is 1. The van der Waals surface area contributed by atoms with Crippen LogP contribution >= 0.6 is 11.8 Å². The molecule has 1 aromatic carbocycles. The van der Waals surface area contributed by atoms with Crippen LogP contribution in [0.15, 0.2) is 24.3 Å². The van der Waals surface area contributed by atoms with Gasteiger partial charge in [-0.05, 0) is 54.4 Å². The fraction of sp³-hybridized carbons (Fsp3) is 0.500. The van der Waals surface area contributed by atoms with Gasteiger partial charge in [0, 0.05) is 5.69 Å². The predicted octanol–water partition coefficient (Wildman–Crippen LogP) is 2.95. The number of hydrogen-bond donors (Lipinski definition) is 1. The zero-order valence-electron chi connectivity index (χ0n) is 8.41. The van der Waals surface area contributed by atoms with Gasteiger partial charge in [-0.2, -0.15) is 11.8 Å². The Hall–Kier alpha value is -0.630. The fourth-order valence-electron chi connectivity index (χ4n) is 1.96. The van der Waals surface area contributed by atoms with E-state index in [4.69, 9.17) is 5.73 Å². The second-order valence-electron chi connectivity index (χ2n) is 4.03. The zero-order valence-corrected chi connectivity index (χ0v) is 9.22. The summed E-state index contributed by atoms with van der Waals surface area (Å²) in [6.45, 7) is 0. The van der Waals surface area contributed by atoms with Crippen LogP contribution in [0, 0.1) is 5.92 Å². The van der Waals surface area contributed by atoms with E-state index in [0.717, 1.165) is 11.6 Å². The van der Waals surface area contributed by atoms with Gasteiger partial charge < -0.3 is 5.73 Å². The molecule has 0 spiro atoms. The van der Waals surface area contributed by atoms with Crippen molar-refractivity contribution in [3.8, 4) is 0 Å². The van der Waals surface area contributed by atoms with Crippen molar-refractivity contribution in [2.24, 2.45) is 5.92 Å². The Labute approximate surface area is 90.1 Å². The number of nitrogen functional groups attached to an aromatic ring is 1. The molecule has 0 saturated carbocycles. The molecule has 1 nitrogen and oxygen atoms in total. The van der Waals surface area contributed by atoms with E-state index < -0.39 is 0 Å². The van der Waals surface area contributed by atoms with Crippen molar-refractivity contribution in [3.63, 3.8) is 0 Å². The Morgan fingerprint density at radius 2 is 2.07 bits per heavy atom. The molecule has 1 unspecified atom stereocenters. The summed E-state index contributed by atoms with van der Waals surface area (Å²) in [7, 11) is 0. The van der Waals surface area contributed by atoms with E-state index in [-0.39, 0.29) is 0 Å². The first-order valence-corrected chi connectivity index (χ1v) is 6.42. The Bertz CT molecular complexity index is 275. The maximum absolute atomic E-state index is 5.66. The molecule has 2 N–H and O–H groups in total. The Balaban J connectivity index is 1.92. The Morgan fingerprint density at radius 1 is 1.29 bits per heavy atom. The average Bonchev–Trinajstić information content (AvgIpc) is 2.23. The normalized spacial score (nSPS) is 22.1. The molecule has 1 aliphatic rings. The molecule has 76 valence electrons. The van der Waals surface area contributed by atoms with Gasteiger partial charge in [-0.15, -0.1) is 0 Å². The molecular formula is C12H17NS. The van der Waals surface area contributed by atoms with Crippen molar-refractivity contribution in [2.75, 3.05) is 17.2 Å². The molecule has 1 aliphatic heterocycles. The van der Waals surface area contributed by atoms with E-state index >= 15 is 0 Å². The summed E-state index contributed by atoms with van der Waals surface area (Å²) in [6, 6.07) is 8.33. The first-order chi connectivity index (χ1) is 6.84. The fourth-order valence-corrected chi connectivity index (χ4v) is 3.11. The van der Waals surface area contributed by atoms with E-state index in [9.17, 15) is 0 Å². The largest absolute Gasteiger partial charge is 0.399 e. The van der Waals surface area contributed by atoms with Crippen molar-refractivity contribution >= 4 is 17.4 Å². The van der Waals surface area contributed by atoms with Crippen LogP contribution in [-0.2, 0) is 6.42 Å². The molecule has 0 radical (unpaired) electrons. The maximum atomic E-state index is 5.66. The highest BCUT2D eigenvalue weighted by molar-refractivity contribution is 7.99. The summed E-state index contributed by atoms with van der Waals surface area (Å²) >= 11 is 2.10. The van der Waals surface area contributed by atoms with Gasteiger partial charge in [0.25, 0.3) is 0 Å². The van der Waals surface area contributed by atoms with Crippen LogP contribution in [0.4, 0.5) is 5.69 Å². The first-order valence-electron chi connectivity index (χ1n) is 5.27. The Morgan fingerprint density at radius 3 is 2.71 bits per heavy atom. The van der Waals surface area contributed by atoms with Crippen LogP contribution < -0.4 is 5.73 Å². The van der Waals surface area contributed by atoms with Gasteiger partial charge in [0.1, 0.15) is 0 Å². The van der Waals surface area contributed by atoms with E-state index in [1.54, 1.807) is 0 Å². The first kappa shape index (κ1) is 9.91. The van der Waals surface area contributed by atoms with Crippen LogP contribution in [0.1, 0.15) is 18.4 Å². The number of nitrogens with two attached hydrogens (primary N) is 1. The molecule has 14 heavy (non-hydrogen) atoms. The topological polar surface area (TPSA) is 26.0 Å². The summed E-state index contributed by atoms with van der Waals surface area (Å²) in [5, 5.41) is 0. The third-order valence-electron chi connectivity index (χ3n) is 2.76. The van der Waals surface area contributed by atoms with Gasteiger partial charge in [-0.3, -0.25) is 0 Å². The lowest BCUT2D eigenvalue weighted by molar-refractivity contribution is 0.521. The molecule has 1 saturated heterocycles. The van der Waals surface area contributed by atoms with Crippen LogP contribution in [-0.4, -0.2) is 11.5 Å². The summed E-state index contributed by atoms with van der Waals surface area (Å²) in [5.41, 5.74) is 7.96. The lowest BCUT2D eigenvalue weighted by Gasteiger charge is -2.21. The van der Waals surface area contributed by atoms with E-state index in [1.165, 1.54) is 36.3 Å². The quantitative estimate of drug-likeness (QED) is 0.755. The van der Waals surface area contributed by atoms with E-state index in [0.29, 0.717) is 0 Å². The monoisotopic (exact) mass is 207 g/mol. The third-order valence-corrected chi connectivity index (χ3v) is 4.04. The van der Waals surface area contributed by atoms with Gasteiger partial charge in [0.2, 0.25) is 0 Å². The molecule has 2 rings (SSSR count). The van der Waals surface area contributed by atoms with Gasteiger partial charge in [0.05, 0.1) is 0 Å². The smallest absolute Gasteiger partial charge is 0.0314 e. The minimum atomic E-state index is 0.867. The van der Waals surface area contributed by atoms with Crippen LogP contribution in [0.3, 0.4) is 0 Å². The molecule has 0 amide bonds. The molecule has 2 heteroatoms. The van der Waals surface area contributed by atoms with Crippen molar-refractivity contribution < 1.29 is 0 Å². The number of anilines is 1. The third kappa shape index (κ3) is 2.68. The molecule has 1 atom stereocenters.